The van der Waals surface area contributed by atoms with E-state index in [4.69, 9.17) is 34.1 Å². The van der Waals surface area contributed by atoms with Crippen molar-refractivity contribution in [2.45, 2.75) is 24.3 Å². The summed E-state index contributed by atoms with van der Waals surface area (Å²) in [7, 11) is -3.83. The van der Waals surface area contributed by atoms with Gasteiger partial charge >= 0.3 is 0 Å². The monoisotopic (exact) mass is 325 g/mol. The molecule has 0 spiro atoms. The smallest absolute Gasteiger partial charge is 0.242 e. The highest BCUT2D eigenvalue weighted by atomic mass is 35.5. The minimum Gasteiger partial charge on any atom is -0.409 e. The molecule has 0 amide bonds. The van der Waals surface area contributed by atoms with E-state index >= 15 is 0 Å². The second-order valence-corrected chi connectivity index (χ2v) is 6.42. The van der Waals surface area contributed by atoms with Gasteiger partial charge in [0.1, 0.15) is 10.7 Å². The highest BCUT2D eigenvalue weighted by Gasteiger charge is 2.21. The molecule has 4 N–H and O–H groups in total. The van der Waals surface area contributed by atoms with Crippen LogP contribution in [0.25, 0.3) is 0 Å². The minimum atomic E-state index is -3.83. The number of hydrogen-bond acceptors (Lipinski definition) is 4. The van der Waals surface area contributed by atoms with Gasteiger partial charge in [0.05, 0.1) is 5.02 Å². The van der Waals surface area contributed by atoms with Gasteiger partial charge in [0.15, 0.2) is 0 Å². The number of nitrogens with zero attached hydrogens (tertiary/aromatic N) is 1. The van der Waals surface area contributed by atoms with E-state index in [9.17, 15) is 8.42 Å². The molecule has 1 unspecified atom stereocenters. The lowest BCUT2D eigenvalue weighted by molar-refractivity contribution is 0.316. The fourth-order valence-corrected chi connectivity index (χ4v) is 3.41. The van der Waals surface area contributed by atoms with Crippen LogP contribution >= 0.6 is 23.2 Å². The zero-order valence-corrected chi connectivity index (χ0v) is 12.3. The molecule has 0 aliphatic rings. The molecule has 1 aromatic rings. The molecule has 0 radical (unpaired) electrons. The fourth-order valence-electron chi connectivity index (χ4n) is 1.41. The van der Waals surface area contributed by atoms with Crippen LogP contribution in [0.4, 0.5) is 0 Å². The second kappa shape index (κ2) is 6.42. The molecule has 1 aromatic carbocycles. The lowest BCUT2D eigenvalue weighted by Gasteiger charge is -2.14. The maximum Gasteiger partial charge on any atom is 0.242 e. The van der Waals surface area contributed by atoms with Crippen LogP contribution in [0.15, 0.2) is 28.3 Å². The zero-order valence-electron chi connectivity index (χ0n) is 9.97. The number of rotatable bonds is 5. The summed E-state index contributed by atoms with van der Waals surface area (Å²) in [5, 5.41) is 11.5. The number of halogens is 2. The molecule has 6 nitrogen and oxygen atoms in total. The standard InChI is InChI=1S/C10H13Cl2N3O3S/c1-6(4-10(13)14-16)15-19(17,18)9-5-7(11)2-3-8(9)12/h2-3,5-6,15-16H,4H2,1H3,(H2,13,14). The van der Waals surface area contributed by atoms with Gasteiger partial charge < -0.3 is 10.9 Å². The molecular formula is C10H13Cl2N3O3S. The van der Waals surface area contributed by atoms with E-state index in [2.05, 4.69) is 9.88 Å². The molecule has 0 heterocycles. The van der Waals surface area contributed by atoms with Gasteiger partial charge in [-0.2, -0.15) is 0 Å². The molecule has 0 saturated heterocycles. The molecule has 9 heteroatoms. The van der Waals surface area contributed by atoms with Gasteiger partial charge in [-0.15, -0.1) is 0 Å². The molecule has 0 aliphatic heterocycles. The van der Waals surface area contributed by atoms with Gasteiger partial charge in [0.25, 0.3) is 0 Å². The summed E-state index contributed by atoms with van der Waals surface area (Å²) in [4.78, 5) is -0.118. The normalized spacial score (nSPS) is 14.4. The lowest BCUT2D eigenvalue weighted by Crippen LogP contribution is -2.35. The number of sulfonamides is 1. The Hall–Kier alpha value is -1.02. The second-order valence-electron chi connectivity index (χ2n) is 3.89. The first-order valence-corrected chi connectivity index (χ1v) is 7.44. The average molecular weight is 326 g/mol. The van der Waals surface area contributed by atoms with Crippen molar-refractivity contribution >= 4 is 39.1 Å². The number of oxime groups is 1. The third kappa shape index (κ3) is 4.54. The van der Waals surface area contributed by atoms with E-state index < -0.39 is 16.1 Å². The van der Waals surface area contributed by atoms with Crippen LogP contribution in [-0.4, -0.2) is 25.5 Å². The first-order chi connectivity index (χ1) is 8.76. The summed E-state index contributed by atoms with van der Waals surface area (Å²) in [5.74, 6) is -0.0765. The number of amidine groups is 1. The van der Waals surface area contributed by atoms with Crippen molar-refractivity contribution in [3.05, 3.63) is 28.2 Å². The first-order valence-electron chi connectivity index (χ1n) is 5.20. The maximum absolute atomic E-state index is 12.1. The van der Waals surface area contributed by atoms with Gasteiger partial charge in [0.2, 0.25) is 10.0 Å². The number of nitrogens with one attached hydrogen (secondary N) is 1. The highest BCUT2D eigenvalue weighted by Crippen LogP contribution is 2.25. The van der Waals surface area contributed by atoms with Gasteiger partial charge in [-0.05, 0) is 25.1 Å². The van der Waals surface area contributed by atoms with E-state index in [0.29, 0.717) is 0 Å². The quantitative estimate of drug-likeness (QED) is 0.332. The molecule has 106 valence electrons. The Kier molecular flexibility index (Phi) is 5.42. The molecule has 0 saturated carbocycles. The number of nitrogens with two attached hydrogens (primary N) is 1. The van der Waals surface area contributed by atoms with E-state index in [1.807, 2.05) is 0 Å². The van der Waals surface area contributed by atoms with Crippen LogP contribution in [0.3, 0.4) is 0 Å². The Morgan fingerprint density at radius 1 is 1.53 bits per heavy atom. The fraction of sp³-hybridized carbons (Fsp3) is 0.300. The van der Waals surface area contributed by atoms with Crippen LogP contribution < -0.4 is 10.5 Å². The summed E-state index contributed by atoms with van der Waals surface area (Å²) in [6.45, 7) is 1.58. The molecule has 1 atom stereocenters. The molecule has 0 bridgehead atoms. The van der Waals surface area contributed by atoms with Gasteiger partial charge in [-0.25, -0.2) is 13.1 Å². The molecule has 1 rings (SSSR count). The van der Waals surface area contributed by atoms with Crippen LogP contribution in [0.5, 0.6) is 0 Å². The summed E-state index contributed by atoms with van der Waals surface area (Å²) >= 11 is 11.6. The van der Waals surface area contributed by atoms with Crippen LogP contribution in [0.1, 0.15) is 13.3 Å². The van der Waals surface area contributed by atoms with Crippen molar-refractivity contribution in [3.63, 3.8) is 0 Å². The van der Waals surface area contributed by atoms with Crippen LogP contribution in [0.2, 0.25) is 10.0 Å². The Balaban J connectivity index is 2.95. The molecule has 0 aliphatic carbocycles. The van der Waals surface area contributed by atoms with Crippen molar-refractivity contribution in [3.8, 4) is 0 Å². The van der Waals surface area contributed by atoms with Gasteiger partial charge in [-0.1, -0.05) is 28.4 Å². The topological polar surface area (TPSA) is 105 Å². The largest absolute Gasteiger partial charge is 0.409 e. The number of hydrogen-bond donors (Lipinski definition) is 3. The van der Waals surface area contributed by atoms with Crippen LogP contribution in [0, 0.1) is 0 Å². The van der Waals surface area contributed by atoms with Crippen molar-refractivity contribution in [2.24, 2.45) is 10.9 Å². The highest BCUT2D eigenvalue weighted by molar-refractivity contribution is 7.89. The molecule has 0 fully saturated rings. The Morgan fingerprint density at radius 3 is 2.74 bits per heavy atom. The maximum atomic E-state index is 12.1. The van der Waals surface area contributed by atoms with Crippen molar-refractivity contribution < 1.29 is 13.6 Å². The summed E-state index contributed by atoms with van der Waals surface area (Å²) < 4.78 is 26.5. The Labute approximate surface area is 121 Å². The lowest BCUT2D eigenvalue weighted by atomic mass is 10.2. The molecule has 19 heavy (non-hydrogen) atoms. The van der Waals surface area contributed by atoms with Crippen LogP contribution in [-0.2, 0) is 10.0 Å². The average Bonchev–Trinajstić information content (AvgIpc) is 2.31. The predicted octanol–water partition coefficient (Wildman–Crippen LogP) is 1.80. The van der Waals surface area contributed by atoms with E-state index in [1.165, 1.54) is 18.2 Å². The van der Waals surface area contributed by atoms with E-state index in [-0.39, 0.29) is 27.2 Å². The molecular weight excluding hydrogens is 313 g/mol. The van der Waals surface area contributed by atoms with Gasteiger partial charge in [0, 0.05) is 17.5 Å². The predicted molar refractivity (Wildman–Crippen MR) is 74.3 cm³/mol. The van der Waals surface area contributed by atoms with Crippen molar-refractivity contribution in [1.82, 2.24) is 4.72 Å². The Bertz CT molecular complexity index is 590. The van der Waals surface area contributed by atoms with Crippen molar-refractivity contribution in [2.75, 3.05) is 0 Å². The van der Waals surface area contributed by atoms with E-state index in [1.54, 1.807) is 6.92 Å². The first kappa shape index (κ1) is 16.0. The SMILES string of the molecule is CC(C/C(N)=N/O)NS(=O)(=O)c1cc(Cl)ccc1Cl. The zero-order chi connectivity index (χ0) is 14.6. The summed E-state index contributed by atoms with van der Waals surface area (Å²) in [6.07, 6.45) is 0.0634. The molecule has 0 aromatic heterocycles. The Morgan fingerprint density at radius 2 is 2.16 bits per heavy atom. The third-order valence-electron chi connectivity index (χ3n) is 2.18. The minimum absolute atomic E-state index is 0.0629. The van der Waals surface area contributed by atoms with Crippen molar-refractivity contribution in [1.29, 1.82) is 0 Å². The van der Waals surface area contributed by atoms with Gasteiger partial charge in [-0.3, -0.25) is 0 Å². The third-order valence-corrected chi connectivity index (χ3v) is 4.49. The summed E-state index contributed by atoms with van der Waals surface area (Å²) in [6, 6.07) is 3.58. The number of benzene rings is 1. The van der Waals surface area contributed by atoms with E-state index in [0.717, 1.165) is 0 Å². The summed E-state index contributed by atoms with van der Waals surface area (Å²) in [5.41, 5.74) is 5.30.